The van der Waals surface area contributed by atoms with Crippen molar-refractivity contribution in [1.82, 2.24) is 5.32 Å². The fourth-order valence-electron chi connectivity index (χ4n) is 2.31. The second kappa shape index (κ2) is 9.40. The summed E-state index contributed by atoms with van der Waals surface area (Å²) < 4.78 is 5.72. The molecule has 2 rings (SSSR count). The lowest BCUT2D eigenvalue weighted by Gasteiger charge is -2.06. The first-order valence-corrected chi connectivity index (χ1v) is 8.98. The van der Waals surface area contributed by atoms with Crippen molar-refractivity contribution in [3.63, 3.8) is 0 Å². The molecule has 0 radical (unpaired) electrons. The predicted octanol–water partition coefficient (Wildman–Crippen LogP) is 4.75. The number of carbonyl (C=O) groups excluding carboxylic acids is 2. The van der Waals surface area contributed by atoms with E-state index in [0.717, 1.165) is 36.1 Å². The molecule has 0 saturated carbocycles. The van der Waals surface area contributed by atoms with Gasteiger partial charge in [-0.1, -0.05) is 51.2 Å². The van der Waals surface area contributed by atoms with Gasteiger partial charge in [-0.3, -0.25) is 14.9 Å². The normalized spacial score (nSPS) is 16.0. The molecule has 1 fully saturated rings. The lowest BCUT2D eigenvalue weighted by Crippen LogP contribution is -2.17. The van der Waals surface area contributed by atoms with Gasteiger partial charge >= 0.3 is 0 Å². The van der Waals surface area contributed by atoms with E-state index in [1.165, 1.54) is 32.1 Å². The Labute approximate surface area is 141 Å². The number of ether oxygens (including phenoxy) is 1. The van der Waals surface area contributed by atoms with Crippen molar-refractivity contribution in [3.8, 4) is 5.75 Å². The first-order chi connectivity index (χ1) is 11.2. The van der Waals surface area contributed by atoms with Crippen LogP contribution in [0.1, 0.15) is 51.0 Å². The molecule has 4 nitrogen and oxygen atoms in total. The van der Waals surface area contributed by atoms with Gasteiger partial charge in [0.05, 0.1) is 11.5 Å². The van der Waals surface area contributed by atoms with Crippen molar-refractivity contribution in [3.05, 3.63) is 34.7 Å². The quantitative estimate of drug-likeness (QED) is 0.523. The third kappa shape index (κ3) is 6.10. The van der Waals surface area contributed by atoms with Crippen molar-refractivity contribution in [2.45, 2.75) is 45.4 Å². The zero-order valence-corrected chi connectivity index (χ0v) is 14.3. The summed E-state index contributed by atoms with van der Waals surface area (Å²) in [5, 5.41) is 1.92. The summed E-state index contributed by atoms with van der Waals surface area (Å²) in [4.78, 5) is 23.0. The molecule has 1 saturated heterocycles. The number of carbonyl (C=O) groups is 2. The van der Waals surface area contributed by atoms with E-state index in [4.69, 9.17) is 4.74 Å². The fraction of sp³-hybridized carbons (Fsp3) is 0.444. The van der Waals surface area contributed by atoms with Crippen molar-refractivity contribution < 1.29 is 14.3 Å². The maximum absolute atomic E-state index is 11.5. The minimum Gasteiger partial charge on any atom is -0.494 e. The third-order valence-electron chi connectivity index (χ3n) is 3.59. The topological polar surface area (TPSA) is 55.4 Å². The number of hydrogen-bond donors (Lipinski definition) is 1. The van der Waals surface area contributed by atoms with Crippen molar-refractivity contribution in [2.75, 3.05) is 6.61 Å². The first kappa shape index (κ1) is 17.6. The minimum atomic E-state index is -0.330. The molecule has 0 spiro atoms. The van der Waals surface area contributed by atoms with Gasteiger partial charge in [-0.2, -0.15) is 0 Å². The molecular weight excluding hydrogens is 310 g/mol. The van der Waals surface area contributed by atoms with Crippen LogP contribution in [0.25, 0.3) is 6.08 Å². The monoisotopic (exact) mass is 333 g/mol. The molecule has 1 aliphatic rings. The molecule has 1 N–H and O–H groups in total. The maximum atomic E-state index is 11.5. The molecule has 5 heteroatoms. The van der Waals surface area contributed by atoms with Crippen LogP contribution in [-0.2, 0) is 4.79 Å². The summed E-state index contributed by atoms with van der Waals surface area (Å²) in [5.41, 5.74) is 0.879. The second-order valence-corrected chi connectivity index (χ2v) is 6.55. The number of amides is 2. The largest absolute Gasteiger partial charge is 0.494 e. The van der Waals surface area contributed by atoms with Gasteiger partial charge in [-0.05, 0) is 42.0 Å². The molecule has 1 heterocycles. The van der Waals surface area contributed by atoms with E-state index in [0.29, 0.717) is 4.91 Å². The summed E-state index contributed by atoms with van der Waals surface area (Å²) in [6.45, 7) is 2.96. The Morgan fingerprint density at radius 1 is 1.04 bits per heavy atom. The fourth-order valence-corrected chi connectivity index (χ4v) is 2.99. The van der Waals surface area contributed by atoms with Crippen LogP contribution in [0.4, 0.5) is 4.79 Å². The summed E-state index contributed by atoms with van der Waals surface area (Å²) >= 11 is 0.928. The highest BCUT2D eigenvalue weighted by molar-refractivity contribution is 8.18. The summed E-state index contributed by atoms with van der Waals surface area (Å²) in [6, 6.07) is 7.56. The molecule has 0 aliphatic carbocycles. The van der Waals surface area contributed by atoms with E-state index in [2.05, 4.69) is 12.2 Å². The minimum absolute atomic E-state index is 0.319. The van der Waals surface area contributed by atoms with Crippen molar-refractivity contribution in [2.24, 2.45) is 0 Å². The molecule has 0 bridgehead atoms. The maximum Gasteiger partial charge on any atom is 0.290 e. The Hall–Kier alpha value is -1.75. The van der Waals surface area contributed by atoms with Crippen molar-refractivity contribution in [1.29, 1.82) is 0 Å². The molecule has 1 aliphatic heterocycles. The smallest absolute Gasteiger partial charge is 0.290 e. The highest BCUT2D eigenvalue weighted by Gasteiger charge is 2.24. The first-order valence-electron chi connectivity index (χ1n) is 8.17. The average Bonchev–Trinajstić information content (AvgIpc) is 2.85. The van der Waals surface area contributed by atoms with E-state index in [1.54, 1.807) is 6.08 Å². The third-order valence-corrected chi connectivity index (χ3v) is 4.40. The number of hydrogen-bond acceptors (Lipinski definition) is 4. The van der Waals surface area contributed by atoms with E-state index in [9.17, 15) is 9.59 Å². The molecule has 124 valence electrons. The van der Waals surface area contributed by atoms with Gasteiger partial charge in [0.15, 0.2) is 0 Å². The Kier molecular flexibility index (Phi) is 7.20. The summed E-state index contributed by atoms with van der Waals surface area (Å²) in [7, 11) is 0. The van der Waals surface area contributed by atoms with Gasteiger partial charge in [0.2, 0.25) is 0 Å². The Morgan fingerprint density at radius 2 is 1.74 bits per heavy atom. The number of benzene rings is 1. The number of imide groups is 1. The molecule has 0 unspecified atom stereocenters. The number of unbranched alkanes of at least 4 members (excludes halogenated alkanes) is 5. The molecule has 1 aromatic rings. The molecular formula is C18H23NO3S. The van der Waals surface area contributed by atoms with Crippen LogP contribution in [-0.4, -0.2) is 17.8 Å². The zero-order chi connectivity index (χ0) is 16.5. The zero-order valence-electron chi connectivity index (χ0n) is 13.5. The lowest BCUT2D eigenvalue weighted by atomic mass is 10.1. The Morgan fingerprint density at radius 3 is 2.39 bits per heavy atom. The molecule has 0 atom stereocenters. The van der Waals surface area contributed by atoms with E-state index < -0.39 is 0 Å². The highest BCUT2D eigenvalue weighted by Crippen LogP contribution is 2.26. The van der Waals surface area contributed by atoms with Crippen LogP contribution in [0.15, 0.2) is 29.2 Å². The van der Waals surface area contributed by atoms with Crippen molar-refractivity contribution >= 4 is 29.0 Å². The summed E-state index contributed by atoms with van der Waals surface area (Å²) in [6.07, 6.45) is 9.19. The number of rotatable bonds is 9. The van der Waals surface area contributed by atoms with Gasteiger partial charge in [0.1, 0.15) is 5.75 Å². The van der Waals surface area contributed by atoms with Crippen LogP contribution < -0.4 is 10.1 Å². The number of thioether (sulfide) groups is 1. The van der Waals surface area contributed by atoms with Gasteiger partial charge in [0, 0.05) is 0 Å². The molecule has 2 amide bonds. The molecule has 0 aromatic heterocycles. The van der Waals surface area contributed by atoms with Gasteiger partial charge in [-0.15, -0.1) is 0 Å². The summed E-state index contributed by atoms with van der Waals surface area (Å²) in [5.74, 6) is 0.503. The average molecular weight is 333 g/mol. The van der Waals surface area contributed by atoms with Crippen LogP contribution in [0.5, 0.6) is 5.75 Å². The van der Waals surface area contributed by atoms with Gasteiger partial charge < -0.3 is 4.74 Å². The highest BCUT2D eigenvalue weighted by atomic mass is 32.2. The van der Waals surface area contributed by atoms with Crippen LogP contribution >= 0.6 is 11.8 Å². The van der Waals surface area contributed by atoms with E-state index in [-0.39, 0.29) is 11.1 Å². The lowest BCUT2D eigenvalue weighted by molar-refractivity contribution is -0.115. The Bertz CT molecular complexity index is 566. The number of nitrogens with one attached hydrogen (secondary N) is 1. The SMILES string of the molecule is CCCCCCCCOc1ccc(/C=C2\SC(=O)NC2=O)cc1. The predicted molar refractivity (Wildman–Crippen MR) is 94.4 cm³/mol. The van der Waals surface area contributed by atoms with E-state index >= 15 is 0 Å². The molecule has 1 aromatic carbocycles. The van der Waals surface area contributed by atoms with Gasteiger partial charge in [0.25, 0.3) is 11.1 Å². The van der Waals surface area contributed by atoms with E-state index in [1.807, 2.05) is 24.3 Å². The van der Waals surface area contributed by atoms with Crippen LogP contribution in [0, 0.1) is 0 Å². The molecule has 23 heavy (non-hydrogen) atoms. The second-order valence-electron chi connectivity index (χ2n) is 5.54. The van der Waals surface area contributed by atoms with Crippen LogP contribution in [0.3, 0.4) is 0 Å². The Balaban J connectivity index is 1.73. The standard InChI is InChI=1S/C18H23NO3S/c1-2-3-4-5-6-7-12-22-15-10-8-14(9-11-15)13-16-17(20)19-18(21)23-16/h8-11,13H,2-7,12H2,1H3,(H,19,20,21)/b16-13-. The van der Waals surface area contributed by atoms with Gasteiger partial charge in [-0.25, -0.2) is 0 Å². The van der Waals surface area contributed by atoms with Crippen LogP contribution in [0.2, 0.25) is 0 Å².